The fraction of sp³-hybridized carbons (Fsp3) is 0.385. The third kappa shape index (κ3) is 3.89. The van der Waals surface area contributed by atoms with Crippen molar-refractivity contribution in [3.05, 3.63) is 35.4 Å². The smallest absolute Gasteiger partial charge is 0.304 e. The Hall–Kier alpha value is -1.86. The lowest BCUT2D eigenvalue weighted by Gasteiger charge is -2.24. The van der Waals surface area contributed by atoms with Gasteiger partial charge in [0.15, 0.2) is 0 Å². The number of rotatable bonds is 5. The zero-order valence-electron chi connectivity index (χ0n) is 10.1. The molecule has 4 nitrogen and oxygen atoms in total. The molecule has 1 unspecified atom stereocenters. The van der Waals surface area contributed by atoms with Crippen LogP contribution in [-0.4, -0.2) is 29.6 Å². The Morgan fingerprint density at radius 1 is 1.59 bits per heavy atom. The van der Waals surface area contributed by atoms with Crippen LogP contribution in [0.2, 0.25) is 0 Å². The highest BCUT2D eigenvalue weighted by Gasteiger charge is 2.12. The van der Waals surface area contributed by atoms with Crippen LogP contribution in [-0.2, 0) is 4.79 Å². The van der Waals surface area contributed by atoms with Crippen LogP contribution in [0.5, 0.6) is 0 Å². The summed E-state index contributed by atoms with van der Waals surface area (Å²) in [5.41, 5.74) is 1.65. The van der Waals surface area contributed by atoms with E-state index in [9.17, 15) is 4.79 Å². The van der Waals surface area contributed by atoms with Crippen molar-refractivity contribution < 1.29 is 9.90 Å². The number of carboxylic acid groups (broad SMARTS) is 1. The summed E-state index contributed by atoms with van der Waals surface area (Å²) in [6.45, 7) is 2.49. The van der Waals surface area contributed by atoms with Crippen molar-refractivity contribution in [3.63, 3.8) is 0 Å². The quantitative estimate of drug-likeness (QED) is 0.843. The Morgan fingerprint density at radius 3 is 2.88 bits per heavy atom. The molecule has 0 amide bonds. The maximum Gasteiger partial charge on any atom is 0.304 e. The van der Waals surface area contributed by atoms with E-state index in [0.29, 0.717) is 12.1 Å². The molecule has 1 rings (SSSR count). The van der Waals surface area contributed by atoms with Gasteiger partial charge in [0, 0.05) is 12.6 Å². The average Bonchev–Trinajstić information content (AvgIpc) is 2.35. The first kappa shape index (κ1) is 13.2. The van der Waals surface area contributed by atoms with Gasteiger partial charge in [-0.2, -0.15) is 5.26 Å². The van der Waals surface area contributed by atoms with Crippen molar-refractivity contribution >= 4 is 5.97 Å². The first-order valence-corrected chi connectivity index (χ1v) is 5.46. The Labute approximate surface area is 101 Å². The molecular weight excluding hydrogens is 216 g/mol. The molecule has 1 atom stereocenters. The van der Waals surface area contributed by atoms with E-state index in [1.165, 1.54) is 0 Å². The van der Waals surface area contributed by atoms with E-state index < -0.39 is 5.97 Å². The highest BCUT2D eigenvalue weighted by molar-refractivity contribution is 5.66. The minimum absolute atomic E-state index is 0.0997. The van der Waals surface area contributed by atoms with Crippen molar-refractivity contribution in [2.75, 3.05) is 13.6 Å². The van der Waals surface area contributed by atoms with E-state index in [1.54, 1.807) is 6.07 Å². The van der Waals surface area contributed by atoms with Crippen LogP contribution in [0.3, 0.4) is 0 Å². The van der Waals surface area contributed by atoms with E-state index in [-0.39, 0.29) is 12.5 Å². The fourth-order valence-electron chi connectivity index (χ4n) is 1.59. The van der Waals surface area contributed by atoms with Crippen molar-refractivity contribution in [2.24, 2.45) is 0 Å². The summed E-state index contributed by atoms with van der Waals surface area (Å²) in [4.78, 5) is 12.5. The molecule has 1 aromatic rings. The van der Waals surface area contributed by atoms with Gasteiger partial charge in [0.1, 0.15) is 0 Å². The fourth-order valence-corrected chi connectivity index (χ4v) is 1.59. The van der Waals surface area contributed by atoms with Crippen LogP contribution in [0, 0.1) is 11.3 Å². The summed E-state index contributed by atoms with van der Waals surface area (Å²) < 4.78 is 0. The zero-order chi connectivity index (χ0) is 12.8. The summed E-state index contributed by atoms with van der Waals surface area (Å²) in [5.74, 6) is -0.796. The molecule has 0 saturated carbocycles. The third-order valence-corrected chi connectivity index (χ3v) is 2.84. The topological polar surface area (TPSA) is 64.3 Å². The molecule has 0 aliphatic heterocycles. The molecule has 17 heavy (non-hydrogen) atoms. The van der Waals surface area contributed by atoms with Gasteiger partial charge in [0.2, 0.25) is 0 Å². The van der Waals surface area contributed by atoms with Gasteiger partial charge in [-0.3, -0.25) is 9.69 Å². The molecule has 1 aromatic carbocycles. The number of nitriles is 1. The molecule has 0 saturated heterocycles. The van der Waals surface area contributed by atoms with Crippen LogP contribution in [0.25, 0.3) is 0 Å². The van der Waals surface area contributed by atoms with Crippen LogP contribution in [0.15, 0.2) is 24.3 Å². The number of hydrogen-bond acceptors (Lipinski definition) is 3. The summed E-state index contributed by atoms with van der Waals surface area (Å²) >= 11 is 0. The second kappa shape index (κ2) is 6.02. The highest BCUT2D eigenvalue weighted by Crippen LogP contribution is 2.19. The van der Waals surface area contributed by atoms with E-state index in [2.05, 4.69) is 6.07 Å². The Kier molecular flexibility index (Phi) is 4.68. The number of carboxylic acids is 1. The summed E-state index contributed by atoms with van der Waals surface area (Å²) in [5, 5.41) is 17.4. The minimum Gasteiger partial charge on any atom is -0.481 e. The molecule has 0 radical (unpaired) electrons. The lowest BCUT2D eigenvalue weighted by Crippen LogP contribution is -2.25. The van der Waals surface area contributed by atoms with Gasteiger partial charge >= 0.3 is 5.97 Å². The molecule has 0 fully saturated rings. The molecule has 0 aliphatic carbocycles. The molecule has 0 aromatic heterocycles. The van der Waals surface area contributed by atoms with Crippen molar-refractivity contribution in [2.45, 2.75) is 19.4 Å². The van der Waals surface area contributed by atoms with E-state index in [4.69, 9.17) is 10.4 Å². The number of benzene rings is 1. The van der Waals surface area contributed by atoms with Gasteiger partial charge < -0.3 is 5.11 Å². The standard InChI is InChI=1S/C13H16N2O2/c1-10(15(2)7-6-13(16)17)12-5-3-4-11(8-12)9-14/h3-5,8,10H,6-7H2,1-2H3,(H,16,17). The van der Waals surface area contributed by atoms with E-state index in [1.807, 2.05) is 37.1 Å². The lowest BCUT2D eigenvalue weighted by atomic mass is 10.0. The van der Waals surface area contributed by atoms with Crippen LogP contribution < -0.4 is 0 Å². The number of carbonyl (C=O) groups is 1. The monoisotopic (exact) mass is 232 g/mol. The molecule has 0 spiro atoms. The van der Waals surface area contributed by atoms with Crippen LogP contribution in [0.4, 0.5) is 0 Å². The molecule has 1 N–H and O–H groups in total. The SMILES string of the molecule is CC(c1cccc(C#N)c1)N(C)CCC(=O)O. The van der Waals surface area contributed by atoms with E-state index in [0.717, 1.165) is 5.56 Å². The number of aliphatic carboxylic acids is 1. The molecule has 0 bridgehead atoms. The van der Waals surface area contributed by atoms with E-state index >= 15 is 0 Å². The first-order chi connectivity index (χ1) is 8.04. The minimum atomic E-state index is -0.796. The van der Waals surface area contributed by atoms with Crippen LogP contribution >= 0.6 is 0 Å². The second-order valence-corrected chi connectivity index (χ2v) is 4.04. The summed E-state index contributed by atoms with van der Waals surface area (Å²) in [6.07, 6.45) is 0.124. The number of nitrogens with zero attached hydrogens (tertiary/aromatic N) is 2. The van der Waals surface area contributed by atoms with Gasteiger partial charge in [-0.15, -0.1) is 0 Å². The molecule has 0 aliphatic rings. The highest BCUT2D eigenvalue weighted by atomic mass is 16.4. The largest absolute Gasteiger partial charge is 0.481 e. The van der Waals surface area contributed by atoms with Gasteiger partial charge in [0.25, 0.3) is 0 Å². The molecule has 4 heteroatoms. The van der Waals surface area contributed by atoms with Gasteiger partial charge in [0.05, 0.1) is 18.1 Å². The predicted molar refractivity (Wildman–Crippen MR) is 64.5 cm³/mol. The second-order valence-electron chi connectivity index (χ2n) is 4.04. The maximum atomic E-state index is 10.5. The van der Waals surface area contributed by atoms with Gasteiger partial charge in [-0.05, 0) is 31.7 Å². The molecule has 90 valence electrons. The molecule has 0 heterocycles. The first-order valence-electron chi connectivity index (χ1n) is 5.46. The van der Waals surface area contributed by atoms with Gasteiger partial charge in [-0.1, -0.05) is 12.1 Å². The summed E-state index contributed by atoms with van der Waals surface area (Å²) in [7, 11) is 1.88. The normalized spacial score (nSPS) is 12.1. The Bertz CT molecular complexity index is 437. The maximum absolute atomic E-state index is 10.5. The third-order valence-electron chi connectivity index (χ3n) is 2.84. The lowest BCUT2D eigenvalue weighted by molar-refractivity contribution is -0.137. The molecular formula is C13H16N2O2. The Morgan fingerprint density at radius 2 is 2.29 bits per heavy atom. The number of hydrogen-bond donors (Lipinski definition) is 1. The van der Waals surface area contributed by atoms with Gasteiger partial charge in [-0.25, -0.2) is 0 Å². The van der Waals surface area contributed by atoms with Crippen molar-refractivity contribution in [3.8, 4) is 6.07 Å². The van der Waals surface area contributed by atoms with Crippen molar-refractivity contribution in [1.29, 1.82) is 5.26 Å². The van der Waals surface area contributed by atoms with Crippen molar-refractivity contribution in [1.82, 2.24) is 4.90 Å². The predicted octanol–water partition coefficient (Wildman–Crippen LogP) is 2.03. The average molecular weight is 232 g/mol. The zero-order valence-corrected chi connectivity index (χ0v) is 10.1. The van der Waals surface area contributed by atoms with Crippen LogP contribution in [0.1, 0.15) is 30.5 Å². The Balaban J connectivity index is 2.71. The summed E-state index contributed by atoms with van der Waals surface area (Å²) in [6, 6.07) is 9.58.